The molecule has 0 fully saturated rings. The highest BCUT2D eigenvalue weighted by Crippen LogP contribution is 2.39. The fraction of sp³-hybridized carbons (Fsp3) is 0.130. The van der Waals surface area contributed by atoms with Crippen molar-refractivity contribution in [2.75, 3.05) is 0 Å². The van der Waals surface area contributed by atoms with Crippen molar-refractivity contribution in [2.45, 2.75) is 19.3 Å². The van der Waals surface area contributed by atoms with E-state index in [9.17, 15) is 13.2 Å². The molecular formula is C23H18F4N2. The summed E-state index contributed by atoms with van der Waals surface area (Å²) in [6.45, 7) is 3.04. The van der Waals surface area contributed by atoms with Crippen LogP contribution >= 0.6 is 0 Å². The van der Waals surface area contributed by atoms with E-state index in [1.807, 2.05) is 0 Å². The van der Waals surface area contributed by atoms with Gasteiger partial charge in [0.15, 0.2) is 5.82 Å². The van der Waals surface area contributed by atoms with Gasteiger partial charge in [-0.1, -0.05) is 13.8 Å². The first-order valence-corrected chi connectivity index (χ1v) is 9.05. The topological polar surface area (TPSA) is 9.86 Å². The molecule has 0 unspecified atom stereocenters. The lowest BCUT2D eigenvalue weighted by Crippen LogP contribution is -2.25. The Labute approximate surface area is 165 Å². The van der Waals surface area contributed by atoms with E-state index in [0.717, 1.165) is 12.1 Å². The van der Waals surface area contributed by atoms with E-state index in [2.05, 4.69) is 0 Å². The van der Waals surface area contributed by atoms with Gasteiger partial charge in [0.1, 0.15) is 17.5 Å². The van der Waals surface area contributed by atoms with Crippen LogP contribution < -0.4 is 0 Å². The van der Waals surface area contributed by atoms with Gasteiger partial charge in [-0.15, -0.1) is 0 Å². The number of benzene rings is 2. The maximum Gasteiger partial charge on any atom is 0.154 e. The first-order chi connectivity index (χ1) is 13.8. The number of hydrogen-bond donors (Lipinski definition) is 0. The van der Waals surface area contributed by atoms with Gasteiger partial charge in [-0.05, 0) is 42.5 Å². The molecule has 4 aromatic rings. The summed E-state index contributed by atoms with van der Waals surface area (Å²) in [6.07, 6.45) is 6.49. The summed E-state index contributed by atoms with van der Waals surface area (Å²) < 4.78 is 62.4. The molecule has 0 atom stereocenters. The molecule has 0 bridgehead atoms. The first kappa shape index (κ1) is 19.1. The summed E-state index contributed by atoms with van der Waals surface area (Å²) in [4.78, 5) is 0. The van der Waals surface area contributed by atoms with Crippen LogP contribution in [-0.2, 0) is 5.41 Å². The molecule has 4 rings (SSSR count). The van der Waals surface area contributed by atoms with Gasteiger partial charge < -0.3 is 9.13 Å². The van der Waals surface area contributed by atoms with Gasteiger partial charge in [0.25, 0.3) is 0 Å². The third-order valence-electron chi connectivity index (χ3n) is 5.17. The maximum absolute atomic E-state index is 15.4. The molecule has 0 aliphatic rings. The van der Waals surface area contributed by atoms with E-state index < -0.39 is 28.7 Å². The van der Waals surface area contributed by atoms with Crippen LogP contribution in [-0.4, -0.2) is 9.13 Å². The molecule has 0 saturated heterocycles. The minimum atomic E-state index is -1.41. The Balaban J connectivity index is 1.93. The van der Waals surface area contributed by atoms with E-state index in [4.69, 9.17) is 0 Å². The van der Waals surface area contributed by atoms with E-state index >= 15 is 4.39 Å². The van der Waals surface area contributed by atoms with Crippen molar-refractivity contribution in [3.8, 4) is 11.4 Å². The normalized spacial score (nSPS) is 11.8. The molecule has 2 nitrogen and oxygen atoms in total. The molecule has 0 aliphatic carbocycles. The lowest BCUT2D eigenvalue weighted by Gasteiger charge is -2.29. The SMILES string of the molecule is CC(C)(c1cc(-n2cccc2)c(F)cc1F)c1c(F)ccc(-n2cccc2)c1F. The van der Waals surface area contributed by atoms with Crippen LogP contribution in [0.5, 0.6) is 0 Å². The molecule has 29 heavy (non-hydrogen) atoms. The summed E-state index contributed by atoms with van der Waals surface area (Å²) in [5, 5.41) is 0. The van der Waals surface area contributed by atoms with E-state index in [1.54, 1.807) is 49.1 Å². The molecule has 0 N–H and O–H groups in total. The fourth-order valence-corrected chi connectivity index (χ4v) is 3.65. The van der Waals surface area contributed by atoms with Crippen LogP contribution in [0.3, 0.4) is 0 Å². The molecule has 0 aliphatic heterocycles. The Morgan fingerprint density at radius 2 is 1.21 bits per heavy atom. The predicted octanol–water partition coefficient (Wildman–Crippen LogP) is 6.15. The molecule has 2 aromatic heterocycles. The minimum Gasteiger partial charge on any atom is -0.321 e. The van der Waals surface area contributed by atoms with Crippen molar-refractivity contribution in [1.82, 2.24) is 9.13 Å². The van der Waals surface area contributed by atoms with Crippen molar-refractivity contribution in [3.63, 3.8) is 0 Å². The van der Waals surface area contributed by atoms with Crippen LogP contribution in [0.1, 0.15) is 25.0 Å². The molecular weight excluding hydrogens is 380 g/mol. The van der Waals surface area contributed by atoms with Gasteiger partial charge in [0.2, 0.25) is 0 Å². The van der Waals surface area contributed by atoms with Gasteiger partial charge in [0.05, 0.1) is 11.4 Å². The second kappa shape index (κ2) is 6.95. The molecule has 0 amide bonds. The average Bonchev–Trinajstić information content (AvgIpc) is 3.35. The molecule has 0 saturated carbocycles. The second-order valence-electron chi connectivity index (χ2n) is 7.34. The van der Waals surface area contributed by atoms with Gasteiger partial charge in [-0.3, -0.25) is 0 Å². The predicted molar refractivity (Wildman–Crippen MR) is 103 cm³/mol. The summed E-state index contributed by atoms with van der Waals surface area (Å²) in [7, 11) is 0. The number of hydrogen-bond acceptors (Lipinski definition) is 0. The molecule has 2 aromatic carbocycles. The van der Waals surface area contributed by atoms with Gasteiger partial charge in [-0.2, -0.15) is 0 Å². The van der Waals surface area contributed by atoms with Crippen molar-refractivity contribution >= 4 is 0 Å². The number of rotatable bonds is 4. The molecule has 148 valence electrons. The van der Waals surface area contributed by atoms with Crippen LogP contribution in [0.25, 0.3) is 11.4 Å². The number of aromatic nitrogens is 2. The smallest absolute Gasteiger partial charge is 0.154 e. The quantitative estimate of drug-likeness (QED) is 0.365. The third kappa shape index (κ3) is 3.14. The van der Waals surface area contributed by atoms with Crippen molar-refractivity contribution in [1.29, 1.82) is 0 Å². The zero-order valence-electron chi connectivity index (χ0n) is 15.8. The summed E-state index contributed by atoms with van der Waals surface area (Å²) in [5.41, 5.74) is -1.45. The standard InChI is InChI=1S/C23H18F4N2/c1-23(2,15-13-20(18(26)14-17(15)25)29-11-5-6-12-29)21-16(24)7-8-19(22(21)27)28-9-3-4-10-28/h3-14H,1-2H3. The van der Waals surface area contributed by atoms with Crippen molar-refractivity contribution in [3.05, 3.63) is 108 Å². The lowest BCUT2D eigenvalue weighted by atomic mass is 9.76. The number of halogens is 4. The van der Waals surface area contributed by atoms with Crippen LogP contribution in [0.4, 0.5) is 17.6 Å². The zero-order chi connectivity index (χ0) is 20.8. The van der Waals surface area contributed by atoms with Crippen molar-refractivity contribution in [2.24, 2.45) is 0 Å². The highest BCUT2D eigenvalue weighted by molar-refractivity contribution is 5.50. The maximum atomic E-state index is 15.4. The third-order valence-corrected chi connectivity index (χ3v) is 5.17. The molecule has 2 heterocycles. The first-order valence-electron chi connectivity index (χ1n) is 9.05. The Bertz CT molecular complexity index is 1160. The van der Waals surface area contributed by atoms with Crippen LogP contribution in [0.15, 0.2) is 73.3 Å². The van der Waals surface area contributed by atoms with E-state index in [1.165, 1.54) is 35.1 Å². The highest BCUT2D eigenvalue weighted by atomic mass is 19.1. The Morgan fingerprint density at radius 3 is 1.79 bits per heavy atom. The average molecular weight is 398 g/mol. The molecule has 0 spiro atoms. The fourth-order valence-electron chi connectivity index (χ4n) is 3.65. The molecule has 6 heteroatoms. The molecule has 0 radical (unpaired) electrons. The minimum absolute atomic E-state index is 0.00921. The monoisotopic (exact) mass is 398 g/mol. The van der Waals surface area contributed by atoms with Gasteiger partial charge in [-0.25, -0.2) is 17.6 Å². The highest BCUT2D eigenvalue weighted by Gasteiger charge is 2.34. The zero-order valence-corrected chi connectivity index (χ0v) is 15.8. The van der Waals surface area contributed by atoms with Gasteiger partial charge >= 0.3 is 0 Å². The Kier molecular flexibility index (Phi) is 4.57. The Morgan fingerprint density at radius 1 is 0.655 bits per heavy atom. The summed E-state index contributed by atoms with van der Waals surface area (Å²) in [5.74, 6) is -3.22. The van der Waals surface area contributed by atoms with Gasteiger partial charge in [0, 0.05) is 47.4 Å². The van der Waals surface area contributed by atoms with Crippen LogP contribution in [0, 0.1) is 23.3 Å². The van der Waals surface area contributed by atoms with E-state index in [0.29, 0.717) is 0 Å². The van der Waals surface area contributed by atoms with Crippen molar-refractivity contribution < 1.29 is 17.6 Å². The lowest BCUT2D eigenvalue weighted by molar-refractivity contribution is 0.471. The summed E-state index contributed by atoms with van der Waals surface area (Å²) >= 11 is 0. The second-order valence-corrected chi connectivity index (χ2v) is 7.34. The number of nitrogens with zero attached hydrogens (tertiary/aromatic N) is 2. The Hall–Kier alpha value is -3.28. The largest absolute Gasteiger partial charge is 0.321 e. The van der Waals surface area contributed by atoms with E-state index in [-0.39, 0.29) is 22.5 Å². The summed E-state index contributed by atoms with van der Waals surface area (Å²) in [6, 6.07) is 11.4. The van der Waals surface area contributed by atoms with Crippen LogP contribution in [0.2, 0.25) is 0 Å².